The zero-order valence-corrected chi connectivity index (χ0v) is 13.0. The Kier molecular flexibility index (Phi) is 4.61. The largest absolute Gasteiger partial charge is 0.491 e. The number of rotatable bonds is 4. The molecule has 0 fully saturated rings. The molecule has 0 unspecified atom stereocenters. The third-order valence-electron chi connectivity index (χ3n) is 2.99. The highest BCUT2D eigenvalue weighted by atomic mass is 35.5. The van der Waals surface area contributed by atoms with Gasteiger partial charge in [-0.25, -0.2) is 9.97 Å². The summed E-state index contributed by atoms with van der Waals surface area (Å²) >= 11 is 6.19. The van der Waals surface area contributed by atoms with Gasteiger partial charge in [-0.2, -0.15) is 0 Å². The van der Waals surface area contributed by atoms with Crippen molar-refractivity contribution in [2.75, 3.05) is 0 Å². The minimum absolute atomic E-state index is 0.138. The van der Waals surface area contributed by atoms with E-state index in [0.717, 1.165) is 29.0 Å². The van der Waals surface area contributed by atoms with E-state index in [1.807, 2.05) is 45.0 Å². The lowest BCUT2D eigenvalue weighted by atomic mass is 10.1. The zero-order valence-electron chi connectivity index (χ0n) is 12.3. The molecule has 20 heavy (non-hydrogen) atoms. The summed E-state index contributed by atoms with van der Waals surface area (Å²) in [7, 11) is 0. The predicted octanol–water partition coefficient (Wildman–Crippen LogP) is 4.46. The van der Waals surface area contributed by atoms with E-state index < -0.39 is 0 Å². The summed E-state index contributed by atoms with van der Waals surface area (Å²) in [6, 6.07) is 7.78. The second-order valence-corrected chi connectivity index (χ2v) is 5.32. The first-order valence-electron chi connectivity index (χ1n) is 6.81. The molecule has 0 N–H and O–H groups in total. The summed E-state index contributed by atoms with van der Waals surface area (Å²) in [6.07, 6.45) is 0.975. The van der Waals surface area contributed by atoms with Crippen molar-refractivity contribution in [3.8, 4) is 17.1 Å². The molecule has 0 saturated heterocycles. The quantitative estimate of drug-likeness (QED) is 0.780. The first-order chi connectivity index (χ1) is 9.51. The van der Waals surface area contributed by atoms with Gasteiger partial charge in [-0.05, 0) is 39.3 Å². The number of hydrogen-bond acceptors (Lipinski definition) is 3. The molecule has 4 heteroatoms. The maximum absolute atomic E-state index is 6.19. The van der Waals surface area contributed by atoms with Gasteiger partial charge in [-0.1, -0.05) is 30.7 Å². The van der Waals surface area contributed by atoms with Crippen LogP contribution in [0.2, 0.25) is 5.15 Å². The number of hydrogen-bond donors (Lipinski definition) is 0. The Hall–Kier alpha value is -1.61. The molecule has 1 heterocycles. The minimum atomic E-state index is 0.138. The van der Waals surface area contributed by atoms with E-state index in [9.17, 15) is 0 Å². The van der Waals surface area contributed by atoms with Crippen LogP contribution in [0.5, 0.6) is 5.75 Å². The van der Waals surface area contributed by atoms with Crippen molar-refractivity contribution < 1.29 is 4.74 Å². The van der Waals surface area contributed by atoms with Gasteiger partial charge in [-0.3, -0.25) is 0 Å². The molecule has 106 valence electrons. The van der Waals surface area contributed by atoms with Gasteiger partial charge in [0.2, 0.25) is 0 Å². The number of benzene rings is 1. The molecule has 0 atom stereocenters. The summed E-state index contributed by atoms with van der Waals surface area (Å²) in [5, 5.41) is 0.516. The minimum Gasteiger partial charge on any atom is -0.491 e. The highest BCUT2D eigenvalue weighted by molar-refractivity contribution is 6.30. The van der Waals surface area contributed by atoms with Crippen LogP contribution in [0.15, 0.2) is 24.3 Å². The van der Waals surface area contributed by atoms with E-state index in [2.05, 4.69) is 16.9 Å². The van der Waals surface area contributed by atoms with Gasteiger partial charge in [0.05, 0.1) is 6.10 Å². The number of aryl methyl sites for hydroxylation is 1. The van der Waals surface area contributed by atoms with Crippen LogP contribution in [0.3, 0.4) is 0 Å². The van der Waals surface area contributed by atoms with Crippen LogP contribution in [-0.2, 0) is 6.42 Å². The molecule has 0 bridgehead atoms. The van der Waals surface area contributed by atoms with Gasteiger partial charge < -0.3 is 4.74 Å². The van der Waals surface area contributed by atoms with E-state index in [1.54, 1.807) is 0 Å². The molecular formula is C16H19ClN2O. The Labute approximate surface area is 125 Å². The third kappa shape index (κ3) is 3.28. The molecule has 0 spiro atoms. The normalized spacial score (nSPS) is 10.9. The van der Waals surface area contributed by atoms with E-state index in [-0.39, 0.29) is 6.10 Å². The van der Waals surface area contributed by atoms with Crippen molar-refractivity contribution in [2.45, 2.75) is 40.2 Å². The topological polar surface area (TPSA) is 35.0 Å². The van der Waals surface area contributed by atoms with Crippen LogP contribution in [-0.4, -0.2) is 16.1 Å². The van der Waals surface area contributed by atoms with Crippen molar-refractivity contribution in [3.63, 3.8) is 0 Å². The molecule has 1 aromatic heterocycles. The molecule has 1 aromatic carbocycles. The van der Waals surface area contributed by atoms with Gasteiger partial charge in [0.25, 0.3) is 0 Å². The Morgan fingerprint density at radius 1 is 1.25 bits per heavy atom. The molecule has 3 nitrogen and oxygen atoms in total. The third-order valence-corrected chi connectivity index (χ3v) is 3.35. The van der Waals surface area contributed by atoms with Crippen LogP contribution in [0, 0.1) is 6.92 Å². The molecule has 0 amide bonds. The van der Waals surface area contributed by atoms with Crippen LogP contribution in [0.25, 0.3) is 11.4 Å². The van der Waals surface area contributed by atoms with Crippen LogP contribution in [0.1, 0.15) is 32.0 Å². The zero-order chi connectivity index (χ0) is 14.7. The summed E-state index contributed by atoms with van der Waals surface area (Å²) in [6.45, 7) is 8.01. The fourth-order valence-electron chi connectivity index (χ4n) is 1.99. The Bertz CT molecular complexity index is 611. The molecule has 2 aromatic rings. The maximum atomic E-state index is 6.19. The number of ether oxygens (including phenoxy) is 1. The van der Waals surface area contributed by atoms with Crippen LogP contribution >= 0.6 is 11.6 Å². The van der Waals surface area contributed by atoms with E-state index in [4.69, 9.17) is 16.3 Å². The second-order valence-electron chi connectivity index (χ2n) is 4.96. The van der Waals surface area contributed by atoms with Crippen molar-refractivity contribution in [3.05, 3.63) is 40.7 Å². The molecule has 0 aliphatic heterocycles. The van der Waals surface area contributed by atoms with E-state index >= 15 is 0 Å². The lowest BCUT2D eigenvalue weighted by Crippen LogP contribution is -2.05. The van der Waals surface area contributed by atoms with Crippen molar-refractivity contribution in [1.29, 1.82) is 0 Å². The Morgan fingerprint density at radius 2 is 2.00 bits per heavy atom. The van der Waals surface area contributed by atoms with Gasteiger partial charge in [0.15, 0.2) is 5.82 Å². The van der Waals surface area contributed by atoms with Gasteiger partial charge in [0.1, 0.15) is 10.9 Å². The second kappa shape index (κ2) is 6.23. The summed E-state index contributed by atoms with van der Waals surface area (Å²) in [4.78, 5) is 8.96. The lowest BCUT2D eigenvalue weighted by Gasteiger charge is -2.11. The van der Waals surface area contributed by atoms with E-state index in [0.29, 0.717) is 11.0 Å². The van der Waals surface area contributed by atoms with Crippen LogP contribution < -0.4 is 4.74 Å². The first kappa shape index (κ1) is 14.8. The van der Waals surface area contributed by atoms with Gasteiger partial charge in [0, 0.05) is 16.8 Å². The standard InChI is InChI=1S/C16H19ClN2O/c1-5-14-11(4)15(17)19-16(18-14)12-7-6-8-13(9-12)20-10(2)3/h6-10H,5H2,1-4H3. The molecule has 0 aliphatic rings. The van der Waals surface area contributed by atoms with Crippen molar-refractivity contribution in [1.82, 2.24) is 9.97 Å². The van der Waals surface area contributed by atoms with Gasteiger partial charge >= 0.3 is 0 Å². The summed E-state index contributed by atoms with van der Waals surface area (Å²) in [5.41, 5.74) is 2.85. The predicted molar refractivity (Wildman–Crippen MR) is 82.4 cm³/mol. The van der Waals surface area contributed by atoms with Gasteiger partial charge in [-0.15, -0.1) is 0 Å². The van der Waals surface area contributed by atoms with E-state index in [1.165, 1.54) is 0 Å². The number of aromatic nitrogens is 2. The van der Waals surface area contributed by atoms with Crippen molar-refractivity contribution >= 4 is 11.6 Å². The maximum Gasteiger partial charge on any atom is 0.161 e. The summed E-state index contributed by atoms with van der Waals surface area (Å²) in [5.74, 6) is 1.46. The molecule has 0 radical (unpaired) electrons. The molecule has 0 saturated carbocycles. The molecule has 2 rings (SSSR count). The fraction of sp³-hybridized carbons (Fsp3) is 0.375. The number of halogens is 1. The van der Waals surface area contributed by atoms with Crippen molar-refractivity contribution in [2.24, 2.45) is 0 Å². The Balaban J connectivity index is 2.43. The molecule has 0 aliphatic carbocycles. The van der Waals surface area contributed by atoms with Crippen LogP contribution in [0.4, 0.5) is 0 Å². The number of nitrogens with zero attached hydrogens (tertiary/aromatic N) is 2. The Morgan fingerprint density at radius 3 is 2.65 bits per heavy atom. The summed E-state index contributed by atoms with van der Waals surface area (Å²) < 4.78 is 5.70. The SMILES string of the molecule is CCc1nc(-c2cccc(OC(C)C)c2)nc(Cl)c1C. The lowest BCUT2D eigenvalue weighted by molar-refractivity contribution is 0.242. The molecular weight excluding hydrogens is 272 g/mol. The average molecular weight is 291 g/mol. The fourth-order valence-corrected chi connectivity index (χ4v) is 2.18. The first-order valence-corrected chi connectivity index (χ1v) is 7.19. The smallest absolute Gasteiger partial charge is 0.161 e. The average Bonchev–Trinajstić information content (AvgIpc) is 2.41. The highest BCUT2D eigenvalue weighted by Crippen LogP contribution is 2.25. The monoisotopic (exact) mass is 290 g/mol. The highest BCUT2D eigenvalue weighted by Gasteiger charge is 2.10.